The third-order valence-corrected chi connectivity index (χ3v) is 5.54. The lowest BCUT2D eigenvalue weighted by molar-refractivity contribution is 0.0979. The van der Waals surface area contributed by atoms with E-state index < -0.39 is 0 Å². The molecule has 0 unspecified atom stereocenters. The number of nitrogens with one attached hydrogen (secondary N) is 1. The molecule has 3 atom stereocenters. The van der Waals surface area contributed by atoms with E-state index in [1.165, 1.54) is 18.4 Å². The second-order valence-corrected chi connectivity index (χ2v) is 7.49. The lowest BCUT2D eigenvalue weighted by Crippen LogP contribution is -2.46. The first-order valence-corrected chi connectivity index (χ1v) is 9.69. The first-order chi connectivity index (χ1) is 12.8. The molecule has 4 heteroatoms. The van der Waals surface area contributed by atoms with Crippen LogP contribution in [0.25, 0.3) is 0 Å². The summed E-state index contributed by atoms with van der Waals surface area (Å²) in [6.07, 6.45) is 8.88. The zero-order chi connectivity index (χ0) is 17.8. The van der Waals surface area contributed by atoms with Crippen LogP contribution in [0.2, 0.25) is 0 Å². The van der Waals surface area contributed by atoms with Gasteiger partial charge in [0.1, 0.15) is 12.4 Å². The van der Waals surface area contributed by atoms with Crippen LogP contribution in [0.5, 0.6) is 5.75 Å². The molecule has 0 radical (unpaired) electrons. The van der Waals surface area contributed by atoms with Gasteiger partial charge in [-0.1, -0.05) is 30.3 Å². The Morgan fingerprint density at radius 1 is 1.23 bits per heavy atom. The summed E-state index contributed by atoms with van der Waals surface area (Å²) in [6, 6.07) is 12.2. The molecule has 1 saturated carbocycles. The Kier molecular flexibility index (Phi) is 5.30. The van der Waals surface area contributed by atoms with Crippen molar-refractivity contribution in [3.8, 4) is 5.75 Å². The van der Waals surface area contributed by atoms with E-state index in [9.17, 15) is 4.79 Å². The number of Topliss-reactive ketones (excluding diaryl/α,β-unsaturated/α-hetero) is 1. The van der Waals surface area contributed by atoms with Crippen molar-refractivity contribution in [2.75, 3.05) is 13.2 Å². The van der Waals surface area contributed by atoms with Crippen molar-refractivity contribution >= 4 is 5.78 Å². The first-order valence-electron chi connectivity index (χ1n) is 9.69. The van der Waals surface area contributed by atoms with E-state index in [0.717, 1.165) is 37.3 Å². The van der Waals surface area contributed by atoms with Crippen LogP contribution in [0, 0.1) is 5.92 Å². The Labute approximate surface area is 155 Å². The second-order valence-electron chi connectivity index (χ2n) is 7.49. The Morgan fingerprint density at radius 2 is 2.08 bits per heavy atom. The van der Waals surface area contributed by atoms with Crippen LogP contribution in [-0.2, 0) is 0 Å². The second kappa shape index (κ2) is 8.00. The molecule has 1 aliphatic carbocycles. The summed E-state index contributed by atoms with van der Waals surface area (Å²) in [5.74, 6) is 2.40. The fourth-order valence-corrected chi connectivity index (χ4v) is 3.67. The molecule has 2 aliphatic rings. The average Bonchev–Trinajstić information content (AvgIpc) is 3.41. The van der Waals surface area contributed by atoms with Crippen molar-refractivity contribution in [1.29, 1.82) is 0 Å². The van der Waals surface area contributed by atoms with Crippen molar-refractivity contribution in [1.82, 2.24) is 10.3 Å². The zero-order valence-corrected chi connectivity index (χ0v) is 15.1. The van der Waals surface area contributed by atoms with Gasteiger partial charge in [0.25, 0.3) is 0 Å². The zero-order valence-electron chi connectivity index (χ0n) is 15.1. The molecule has 26 heavy (non-hydrogen) atoms. The van der Waals surface area contributed by atoms with Gasteiger partial charge < -0.3 is 10.1 Å². The first kappa shape index (κ1) is 17.2. The number of aromatic nitrogens is 1. The van der Waals surface area contributed by atoms with Crippen molar-refractivity contribution in [3.05, 3.63) is 59.9 Å². The fourth-order valence-electron chi connectivity index (χ4n) is 3.67. The van der Waals surface area contributed by atoms with E-state index in [1.54, 1.807) is 6.20 Å². The molecule has 1 saturated heterocycles. The molecule has 1 aliphatic heterocycles. The highest BCUT2D eigenvalue weighted by Gasteiger charge is 2.38. The lowest BCUT2D eigenvalue weighted by atomic mass is 10.0. The minimum atomic E-state index is 0.254. The number of ketones is 1. The SMILES string of the molecule is O=C(CCC[C@H]1C[C@@H]1c1cncc(OC[C@@H]2CCN2)c1)c1ccccc1. The highest BCUT2D eigenvalue weighted by molar-refractivity contribution is 5.95. The number of benzene rings is 1. The van der Waals surface area contributed by atoms with Crippen LogP contribution in [0.1, 0.15) is 53.9 Å². The minimum Gasteiger partial charge on any atom is -0.490 e. The molecule has 1 N–H and O–H groups in total. The van der Waals surface area contributed by atoms with Gasteiger partial charge in [-0.2, -0.15) is 0 Å². The van der Waals surface area contributed by atoms with Crippen LogP contribution in [-0.4, -0.2) is 30.0 Å². The molecule has 0 amide bonds. The highest BCUT2D eigenvalue weighted by atomic mass is 16.5. The quantitative estimate of drug-likeness (QED) is 0.695. The molecule has 4 nitrogen and oxygen atoms in total. The number of hydrogen-bond donors (Lipinski definition) is 1. The summed E-state index contributed by atoms with van der Waals surface area (Å²) in [4.78, 5) is 16.5. The number of rotatable bonds is 9. The summed E-state index contributed by atoms with van der Waals surface area (Å²) in [5, 5.41) is 3.34. The fraction of sp³-hybridized carbons (Fsp3) is 0.455. The molecule has 4 rings (SSSR count). The Morgan fingerprint density at radius 3 is 2.85 bits per heavy atom. The Balaban J connectivity index is 1.21. The van der Waals surface area contributed by atoms with Gasteiger partial charge in [-0.15, -0.1) is 0 Å². The smallest absolute Gasteiger partial charge is 0.162 e. The van der Waals surface area contributed by atoms with Gasteiger partial charge in [0, 0.05) is 24.2 Å². The van der Waals surface area contributed by atoms with Crippen LogP contribution in [0.15, 0.2) is 48.8 Å². The van der Waals surface area contributed by atoms with Crippen molar-refractivity contribution in [2.45, 2.75) is 44.1 Å². The van der Waals surface area contributed by atoms with Gasteiger partial charge in [0.05, 0.1) is 6.20 Å². The molecule has 2 fully saturated rings. The number of carbonyl (C=O) groups excluding carboxylic acids is 1. The number of hydrogen-bond acceptors (Lipinski definition) is 4. The third kappa shape index (κ3) is 4.31. The monoisotopic (exact) mass is 350 g/mol. The summed E-state index contributed by atoms with van der Waals surface area (Å²) in [6.45, 7) is 1.82. The highest BCUT2D eigenvalue weighted by Crippen LogP contribution is 2.50. The van der Waals surface area contributed by atoms with Crippen molar-refractivity contribution in [2.24, 2.45) is 5.92 Å². The van der Waals surface area contributed by atoms with Gasteiger partial charge in [-0.05, 0) is 55.7 Å². The van der Waals surface area contributed by atoms with Crippen LogP contribution < -0.4 is 10.1 Å². The molecule has 0 bridgehead atoms. The van der Waals surface area contributed by atoms with E-state index in [0.29, 0.717) is 24.3 Å². The average molecular weight is 350 g/mol. The van der Waals surface area contributed by atoms with E-state index in [2.05, 4.69) is 16.4 Å². The van der Waals surface area contributed by atoms with E-state index in [4.69, 9.17) is 4.74 Å². The number of nitrogens with zero attached hydrogens (tertiary/aromatic N) is 1. The normalized spacial score (nSPS) is 23.9. The van der Waals surface area contributed by atoms with Gasteiger partial charge >= 0.3 is 0 Å². The maximum atomic E-state index is 12.2. The molecule has 1 aromatic heterocycles. The standard InChI is InChI=1S/C22H26N2O2/c25-22(16-5-2-1-3-6-16)8-4-7-17-12-21(17)18-11-20(14-23-13-18)26-15-19-9-10-24-19/h1-3,5-6,11,13-14,17,19,21,24H,4,7-10,12,15H2/t17-,19-,21-/m0/s1. The summed E-state index contributed by atoms with van der Waals surface area (Å²) >= 11 is 0. The van der Waals surface area contributed by atoms with Crippen molar-refractivity contribution in [3.63, 3.8) is 0 Å². The topological polar surface area (TPSA) is 51.2 Å². The molecular formula is C22H26N2O2. The van der Waals surface area contributed by atoms with Crippen LogP contribution in [0.4, 0.5) is 0 Å². The van der Waals surface area contributed by atoms with E-state index in [1.807, 2.05) is 36.5 Å². The molecule has 0 spiro atoms. The van der Waals surface area contributed by atoms with E-state index >= 15 is 0 Å². The van der Waals surface area contributed by atoms with Gasteiger partial charge in [0.15, 0.2) is 5.78 Å². The van der Waals surface area contributed by atoms with Crippen LogP contribution in [0.3, 0.4) is 0 Å². The molecular weight excluding hydrogens is 324 g/mol. The molecule has 2 heterocycles. The molecule has 1 aromatic carbocycles. The predicted molar refractivity (Wildman–Crippen MR) is 102 cm³/mol. The number of pyridine rings is 1. The largest absolute Gasteiger partial charge is 0.490 e. The molecule has 2 aromatic rings. The lowest BCUT2D eigenvalue weighted by Gasteiger charge is -2.27. The number of carbonyl (C=O) groups is 1. The summed E-state index contributed by atoms with van der Waals surface area (Å²) in [7, 11) is 0. The summed E-state index contributed by atoms with van der Waals surface area (Å²) < 4.78 is 5.86. The third-order valence-electron chi connectivity index (χ3n) is 5.54. The molecule has 136 valence electrons. The van der Waals surface area contributed by atoms with E-state index in [-0.39, 0.29) is 5.78 Å². The minimum absolute atomic E-state index is 0.254. The maximum absolute atomic E-state index is 12.2. The summed E-state index contributed by atoms with van der Waals surface area (Å²) in [5.41, 5.74) is 2.11. The van der Waals surface area contributed by atoms with Gasteiger partial charge in [0.2, 0.25) is 0 Å². The van der Waals surface area contributed by atoms with Gasteiger partial charge in [-0.3, -0.25) is 9.78 Å². The maximum Gasteiger partial charge on any atom is 0.162 e. The van der Waals surface area contributed by atoms with Crippen LogP contribution >= 0.6 is 0 Å². The van der Waals surface area contributed by atoms with Crippen molar-refractivity contribution < 1.29 is 9.53 Å². The predicted octanol–water partition coefficient (Wildman–Crippen LogP) is 3.98. The Bertz CT molecular complexity index is 743. The number of ether oxygens (including phenoxy) is 1. The van der Waals surface area contributed by atoms with Gasteiger partial charge in [-0.25, -0.2) is 0 Å². The Hall–Kier alpha value is -2.20.